The number of carbonyl (C=O) groups is 1. The third-order valence-electron chi connectivity index (χ3n) is 9.73. The predicted molar refractivity (Wildman–Crippen MR) is 169 cm³/mol. The Hall–Kier alpha value is -3.82. The van der Waals surface area contributed by atoms with E-state index in [0.29, 0.717) is 41.7 Å². The molecule has 44 heavy (non-hydrogen) atoms. The van der Waals surface area contributed by atoms with Crippen LogP contribution in [0.1, 0.15) is 84.9 Å². The number of hydrogen-bond donors (Lipinski definition) is 2. The fourth-order valence-corrected chi connectivity index (χ4v) is 7.19. The van der Waals surface area contributed by atoms with Crippen molar-refractivity contribution < 1.29 is 19.0 Å². The molecule has 0 unspecified atom stereocenters. The van der Waals surface area contributed by atoms with E-state index < -0.39 is 11.7 Å². The van der Waals surface area contributed by atoms with E-state index in [-0.39, 0.29) is 23.4 Å². The highest BCUT2D eigenvalue weighted by Crippen LogP contribution is 2.39. The first-order chi connectivity index (χ1) is 21.4. The fourth-order valence-electron chi connectivity index (χ4n) is 7.19. The average molecular weight is 598 g/mol. The minimum Gasteiger partial charge on any atom is -0.496 e. The van der Waals surface area contributed by atoms with Crippen molar-refractivity contribution in [2.45, 2.75) is 82.4 Å². The van der Waals surface area contributed by atoms with Gasteiger partial charge in [-0.2, -0.15) is 0 Å². The molecule has 3 fully saturated rings. The predicted octanol–water partition coefficient (Wildman–Crippen LogP) is 6.62. The van der Waals surface area contributed by atoms with E-state index in [1.165, 1.54) is 31.6 Å². The molecule has 230 valence electrons. The molecule has 2 aromatic heterocycles. The lowest BCUT2D eigenvalue weighted by molar-refractivity contribution is 0.101. The highest BCUT2D eigenvalue weighted by molar-refractivity contribution is 6.05. The van der Waals surface area contributed by atoms with E-state index in [1.807, 2.05) is 0 Å². The van der Waals surface area contributed by atoms with Crippen LogP contribution in [0.2, 0.25) is 0 Å². The lowest BCUT2D eigenvalue weighted by Crippen LogP contribution is -2.34. The third kappa shape index (κ3) is 5.59. The molecule has 0 atom stereocenters. The molecule has 9 heteroatoms. The van der Waals surface area contributed by atoms with Gasteiger partial charge in [0.15, 0.2) is 5.82 Å². The Kier molecular flexibility index (Phi) is 7.84. The van der Waals surface area contributed by atoms with Crippen LogP contribution >= 0.6 is 0 Å². The van der Waals surface area contributed by atoms with Crippen molar-refractivity contribution >= 4 is 22.9 Å². The van der Waals surface area contributed by atoms with Crippen LogP contribution < -0.4 is 10.1 Å². The summed E-state index contributed by atoms with van der Waals surface area (Å²) in [6.45, 7) is 4.02. The van der Waals surface area contributed by atoms with Gasteiger partial charge in [-0.15, -0.1) is 0 Å². The largest absolute Gasteiger partial charge is 0.496 e. The number of aryl methyl sites for hydroxylation is 1. The number of pyridine rings is 1. The topological polar surface area (TPSA) is 92.5 Å². The minimum absolute atomic E-state index is 0.0690. The maximum absolute atomic E-state index is 16.0. The van der Waals surface area contributed by atoms with Crippen molar-refractivity contribution in [1.29, 1.82) is 0 Å². The Labute approximate surface area is 257 Å². The van der Waals surface area contributed by atoms with Crippen LogP contribution in [-0.2, 0) is 0 Å². The number of imidazole rings is 1. The van der Waals surface area contributed by atoms with Crippen LogP contribution in [0.5, 0.6) is 5.75 Å². The van der Waals surface area contributed by atoms with Crippen LogP contribution in [0, 0.1) is 12.7 Å². The molecule has 7 rings (SSSR count). The number of para-hydroxylation sites is 1. The number of nitrogens with zero attached hydrogens (tertiary/aromatic N) is 4. The number of halogens is 1. The fraction of sp³-hybridized carbons (Fsp3) is 0.457. The van der Waals surface area contributed by atoms with Gasteiger partial charge in [0.05, 0.1) is 29.8 Å². The maximum atomic E-state index is 16.0. The summed E-state index contributed by atoms with van der Waals surface area (Å²) < 4.78 is 23.5. The van der Waals surface area contributed by atoms with Gasteiger partial charge in [0.25, 0.3) is 5.91 Å². The minimum atomic E-state index is -0.708. The monoisotopic (exact) mass is 597 g/mol. The van der Waals surface area contributed by atoms with Gasteiger partial charge in [-0.1, -0.05) is 18.2 Å². The Morgan fingerprint density at radius 3 is 2.41 bits per heavy atom. The number of rotatable bonds is 7. The normalized spacial score (nSPS) is 21.5. The van der Waals surface area contributed by atoms with Gasteiger partial charge >= 0.3 is 0 Å². The quantitative estimate of drug-likeness (QED) is 0.249. The molecule has 1 saturated heterocycles. The van der Waals surface area contributed by atoms with Gasteiger partial charge in [0.2, 0.25) is 5.95 Å². The van der Waals surface area contributed by atoms with Crippen LogP contribution in [0.3, 0.4) is 0 Å². The summed E-state index contributed by atoms with van der Waals surface area (Å²) in [5.74, 6) is 0.0840. The van der Waals surface area contributed by atoms with Gasteiger partial charge in [-0.3, -0.25) is 10.1 Å². The summed E-state index contributed by atoms with van der Waals surface area (Å²) in [6.07, 6.45) is 7.58. The average Bonchev–Trinajstić information content (AvgIpc) is 3.84. The van der Waals surface area contributed by atoms with Gasteiger partial charge in [0, 0.05) is 23.3 Å². The van der Waals surface area contributed by atoms with Crippen molar-refractivity contribution in [3.63, 3.8) is 0 Å². The first-order valence-electron chi connectivity index (χ1n) is 16.0. The second-order valence-corrected chi connectivity index (χ2v) is 12.7. The number of carbonyl (C=O) groups excluding carboxylic acids is 1. The number of hydrogen-bond acceptors (Lipinski definition) is 6. The van der Waals surface area contributed by atoms with Crippen LogP contribution in [0.4, 0.5) is 10.3 Å². The van der Waals surface area contributed by atoms with Gasteiger partial charge in [-0.05, 0) is 113 Å². The summed E-state index contributed by atoms with van der Waals surface area (Å²) in [5.41, 5.74) is 4.03. The molecule has 3 aliphatic rings. The van der Waals surface area contributed by atoms with Crippen LogP contribution in [0.25, 0.3) is 22.3 Å². The first kappa shape index (κ1) is 28.9. The lowest BCUT2D eigenvalue weighted by atomic mass is 9.89. The molecule has 2 aromatic carbocycles. The number of likely N-dealkylation sites (tertiary alicyclic amines) is 1. The summed E-state index contributed by atoms with van der Waals surface area (Å²) in [7, 11) is 1.53. The number of nitrogens with one attached hydrogen (secondary N) is 1. The first-order valence-corrected chi connectivity index (χ1v) is 16.0. The van der Waals surface area contributed by atoms with Crippen LogP contribution in [0.15, 0.2) is 48.5 Å². The molecule has 2 N–H and O–H groups in total. The van der Waals surface area contributed by atoms with E-state index >= 15 is 4.39 Å². The van der Waals surface area contributed by atoms with Gasteiger partial charge < -0.3 is 19.3 Å². The SMILES string of the molecule is COc1ccccc1-c1nc(C)cc(C(=O)Nc2nc3cc(C4CCN(C5CC5)CC4)ccc3n2[C@H]2CC[C@@H](O)CC2)c1F. The number of ether oxygens (including phenoxy) is 1. The summed E-state index contributed by atoms with van der Waals surface area (Å²) in [5, 5.41) is 13.2. The zero-order chi connectivity index (χ0) is 30.4. The lowest BCUT2D eigenvalue weighted by Gasteiger charge is -2.32. The molecule has 8 nitrogen and oxygen atoms in total. The number of fused-ring (bicyclic) bond motifs is 1. The number of methoxy groups -OCH3 is 1. The zero-order valence-corrected chi connectivity index (χ0v) is 25.4. The van der Waals surface area contributed by atoms with E-state index in [9.17, 15) is 9.90 Å². The summed E-state index contributed by atoms with van der Waals surface area (Å²) in [4.78, 5) is 25.8. The Morgan fingerprint density at radius 1 is 0.955 bits per heavy atom. The van der Waals surface area contributed by atoms with Crippen molar-refractivity contribution in [3.8, 4) is 17.0 Å². The zero-order valence-electron chi connectivity index (χ0n) is 25.4. The highest BCUT2D eigenvalue weighted by atomic mass is 19.1. The summed E-state index contributed by atoms with van der Waals surface area (Å²) in [6, 6.07) is 15.9. The van der Waals surface area contributed by atoms with E-state index in [2.05, 4.69) is 38.0 Å². The second kappa shape index (κ2) is 11.9. The van der Waals surface area contributed by atoms with E-state index in [4.69, 9.17) is 9.72 Å². The number of anilines is 1. The number of amides is 1. The Balaban J connectivity index is 1.22. The Morgan fingerprint density at radius 2 is 1.68 bits per heavy atom. The molecule has 1 amide bonds. The molecule has 3 heterocycles. The number of aliphatic hydroxyl groups is 1. The molecule has 0 radical (unpaired) electrons. The van der Waals surface area contributed by atoms with Gasteiger partial charge in [-0.25, -0.2) is 14.4 Å². The second-order valence-electron chi connectivity index (χ2n) is 12.7. The van der Waals surface area contributed by atoms with E-state index in [0.717, 1.165) is 55.8 Å². The van der Waals surface area contributed by atoms with Crippen LogP contribution in [-0.4, -0.2) is 62.8 Å². The highest BCUT2D eigenvalue weighted by Gasteiger charge is 2.33. The molecular weight excluding hydrogens is 557 g/mol. The molecule has 1 aliphatic heterocycles. The van der Waals surface area contributed by atoms with E-state index in [1.54, 1.807) is 31.2 Å². The van der Waals surface area contributed by atoms with Crippen molar-refractivity contribution in [2.75, 3.05) is 25.5 Å². The molecule has 2 saturated carbocycles. The van der Waals surface area contributed by atoms with Gasteiger partial charge in [0.1, 0.15) is 11.4 Å². The van der Waals surface area contributed by atoms with Crippen molar-refractivity contribution in [2.24, 2.45) is 0 Å². The number of aromatic nitrogens is 3. The standard InChI is InChI=1S/C35H40FN5O3/c1-21-19-28(32(36)33(37-21)27-5-3-4-6-31(27)44-2)34(43)39-35-38-29-20-23(22-15-17-40(18-16-22)24-8-9-24)7-14-30(29)41(35)25-10-12-26(42)13-11-25/h3-7,14,19-20,22,24-26,42H,8-13,15-18H2,1-2H3,(H,38,39,43)/t25-,26+. The smallest absolute Gasteiger partial charge is 0.261 e. The number of piperidine rings is 1. The number of benzene rings is 2. The summed E-state index contributed by atoms with van der Waals surface area (Å²) >= 11 is 0. The molecule has 0 spiro atoms. The molecule has 4 aromatic rings. The maximum Gasteiger partial charge on any atom is 0.261 e. The molecular formula is C35H40FN5O3. The Bertz CT molecular complexity index is 1680. The van der Waals surface area contributed by atoms with Crippen molar-refractivity contribution in [1.82, 2.24) is 19.4 Å². The van der Waals surface area contributed by atoms with Crippen molar-refractivity contribution in [3.05, 3.63) is 71.2 Å². The molecule has 0 bridgehead atoms. The molecule has 2 aliphatic carbocycles. The third-order valence-corrected chi connectivity index (χ3v) is 9.73. The number of aliphatic hydroxyl groups excluding tert-OH is 1.